The maximum Gasteiger partial charge on any atom is 0.123 e. The number of hydrogen-bond donors (Lipinski definition) is 0. The van der Waals surface area contributed by atoms with Crippen LogP contribution in [-0.4, -0.2) is 0 Å². The van der Waals surface area contributed by atoms with E-state index in [2.05, 4.69) is 13.8 Å². The molecule has 2 nitrogen and oxygen atoms in total. The van der Waals surface area contributed by atoms with Crippen molar-refractivity contribution in [3.05, 3.63) is 71.8 Å². The zero-order valence-corrected chi connectivity index (χ0v) is 15.3. The molecule has 0 aliphatic rings. The minimum Gasteiger partial charge on any atom is -0.225 e. The molecule has 2 heteroatoms. The summed E-state index contributed by atoms with van der Waals surface area (Å²) in [6.45, 7) is 12.3. The highest BCUT2D eigenvalue weighted by atomic mass is 17.2. The van der Waals surface area contributed by atoms with Crippen molar-refractivity contribution in [2.75, 3.05) is 0 Å². The molecule has 0 unspecified atom stereocenters. The topological polar surface area (TPSA) is 18.5 Å². The van der Waals surface area contributed by atoms with E-state index in [0.29, 0.717) is 0 Å². The fraction of sp³-hybridized carbons (Fsp3) is 0.429. The predicted octanol–water partition coefficient (Wildman–Crippen LogP) is 6.22. The van der Waals surface area contributed by atoms with Gasteiger partial charge in [-0.2, -0.15) is 0 Å². The van der Waals surface area contributed by atoms with Crippen LogP contribution < -0.4 is 0 Å². The van der Waals surface area contributed by atoms with Crippen LogP contribution in [0.1, 0.15) is 59.1 Å². The van der Waals surface area contributed by atoms with Gasteiger partial charge >= 0.3 is 0 Å². The Balaban J connectivity index is 0.000000816. The fourth-order valence-corrected chi connectivity index (χ4v) is 1.98. The van der Waals surface area contributed by atoms with Crippen molar-refractivity contribution >= 4 is 0 Å². The third-order valence-corrected chi connectivity index (χ3v) is 3.40. The zero-order valence-electron chi connectivity index (χ0n) is 15.3. The Hall–Kier alpha value is -1.64. The molecule has 0 heterocycles. The molecule has 2 aromatic rings. The third kappa shape index (κ3) is 6.17. The molecule has 0 amide bonds. The van der Waals surface area contributed by atoms with Gasteiger partial charge in [-0.1, -0.05) is 80.9 Å². The van der Waals surface area contributed by atoms with Crippen molar-refractivity contribution in [3.63, 3.8) is 0 Å². The normalized spacial score (nSPS) is 11.6. The minimum atomic E-state index is -0.493. The molecule has 0 bridgehead atoms. The molecule has 126 valence electrons. The zero-order chi connectivity index (χ0) is 17.3. The van der Waals surface area contributed by atoms with E-state index >= 15 is 0 Å². The molecule has 0 radical (unpaired) electrons. The van der Waals surface area contributed by atoms with E-state index < -0.39 is 11.2 Å². The summed E-state index contributed by atoms with van der Waals surface area (Å²) in [5, 5.41) is 0. The molecule has 0 aliphatic heterocycles. The van der Waals surface area contributed by atoms with E-state index in [-0.39, 0.29) is 0 Å². The molecule has 0 spiro atoms. The van der Waals surface area contributed by atoms with Crippen LogP contribution in [0.25, 0.3) is 0 Å². The van der Waals surface area contributed by atoms with Crippen molar-refractivity contribution < 1.29 is 9.78 Å². The maximum atomic E-state index is 5.73. The van der Waals surface area contributed by atoms with Crippen LogP contribution in [-0.2, 0) is 21.0 Å². The highest BCUT2D eigenvalue weighted by Gasteiger charge is 2.29. The van der Waals surface area contributed by atoms with Gasteiger partial charge < -0.3 is 0 Å². The first-order valence-corrected chi connectivity index (χ1v) is 8.31. The lowest BCUT2D eigenvalue weighted by Crippen LogP contribution is -2.29. The smallest absolute Gasteiger partial charge is 0.123 e. The molecule has 2 aromatic carbocycles. The monoisotopic (exact) mass is 314 g/mol. The van der Waals surface area contributed by atoms with E-state index in [1.807, 2.05) is 88.4 Å². The molecule has 0 fully saturated rings. The van der Waals surface area contributed by atoms with Gasteiger partial charge in [0.15, 0.2) is 0 Å². The van der Waals surface area contributed by atoms with Crippen LogP contribution in [0.4, 0.5) is 0 Å². The van der Waals surface area contributed by atoms with E-state index in [1.54, 1.807) is 0 Å². The molecular formula is C21H30O2. The standard InChI is InChI=1S/C18H22O2.C3H8/c1-17(2,15-11-7-5-8-12-15)19-20-18(3,4)16-13-9-6-10-14-16;1-3-2/h5-14H,1-4H3;3H2,1-2H3. The van der Waals surface area contributed by atoms with Gasteiger partial charge in [0.2, 0.25) is 0 Å². The first-order chi connectivity index (χ1) is 10.8. The fourth-order valence-electron chi connectivity index (χ4n) is 1.98. The van der Waals surface area contributed by atoms with Crippen molar-refractivity contribution in [1.82, 2.24) is 0 Å². The Morgan fingerprint density at radius 3 is 1.13 bits per heavy atom. The maximum absolute atomic E-state index is 5.73. The summed E-state index contributed by atoms with van der Waals surface area (Å²) < 4.78 is 0. The van der Waals surface area contributed by atoms with Crippen LogP contribution in [0, 0.1) is 0 Å². The summed E-state index contributed by atoms with van der Waals surface area (Å²) in [6, 6.07) is 20.2. The minimum absolute atomic E-state index is 0.493. The first-order valence-electron chi connectivity index (χ1n) is 8.31. The molecule has 0 saturated carbocycles. The van der Waals surface area contributed by atoms with Gasteiger partial charge in [0.1, 0.15) is 11.2 Å². The highest BCUT2D eigenvalue weighted by molar-refractivity contribution is 5.22. The average molecular weight is 314 g/mol. The predicted molar refractivity (Wildman–Crippen MR) is 97.1 cm³/mol. The van der Waals surface area contributed by atoms with Crippen molar-refractivity contribution in [2.45, 2.75) is 59.2 Å². The van der Waals surface area contributed by atoms with Gasteiger partial charge in [0.05, 0.1) is 0 Å². The van der Waals surface area contributed by atoms with Crippen LogP contribution >= 0.6 is 0 Å². The van der Waals surface area contributed by atoms with Crippen LogP contribution in [0.5, 0.6) is 0 Å². The molecular weight excluding hydrogens is 284 g/mol. The van der Waals surface area contributed by atoms with Gasteiger partial charge in [0, 0.05) is 0 Å². The lowest BCUT2D eigenvalue weighted by atomic mass is 9.98. The second kappa shape index (κ2) is 8.85. The van der Waals surface area contributed by atoms with Crippen LogP contribution in [0.3, 0.4) is 0 Å². The van der Waals surface area contributed by atoms with Crippen molar-refractivity contribution in [1.29, 1.82) is 0 Å². The quantitative estimate of drug-likeness (QED) is 0.481. The van der Waals surface area contributed by atoms with Crippen molar-refractivity contribution in [3.8, 4) is 0 Å². The van der Waals surface area contributed by atoms with E-state index in [9.17, 15) is 0 Å². The molecule has 23 heavy (non-hydrogen) atoms. The van der Waals surface area contributed by atoms with Gasteiger partial charge in [0.25, 0.3) is 0 Å². The Labute approximate surface area is 141 Å². The SMILES string of the molecule is CC(C)(OOC(C)(C)c1ccccc1)c1ccccc1.CCC. The number of rotatable bonds is 5. The molecule has 0 aromatic heterocycles. The number of hydrogen-bond acceptors (Lipinski definition) is 2. The molecule has 0 aliphatic carbocycles. The summed E-state index contributed by atoms with van der Waals surface area (Å²) >= 11 is 0. The summed E-state index contributed by atoms with van der Waals surface area (Å²) in [7, 11) is 0. The van der Waals surface area contributed by atoms with E-state index in [4.69, 9.17) is 9.78 Å². The highest BCUT2D eigenvalue weighted by Crippen LogP contribution is 2.31. The molecule has 0 atom stereocenters. The second-order valence-electron chi connectivity index (χ2n) is 6.63. The van der Waals surface area contributed by atoms with Gasteiger partial charge in [-0.25, -0.2) is 9.78 Å². The largest absolute Gasteiger partial charge is 0.225 e. The Bertz CT molecular complexity index is 493. The van der Waals surface area contributed by atoms with Crippen LogP contribution in [0.2, 0.25) is 0 Å². The Kier molecular flexibility index (Phi) is 7.47. The lowest BCUT2D eigenvalue weighted by Gasteiger charge is -2.31. The molecule has 0 saturated heterocycles. The first kappa shape index (κ1) is 19.4. The average Bonchev–Trinajstić information content (AvgIpc) is 2.56. The van der Waals surface area contributed by atoms with E-state index in [0.717, 1.165) is 11.1 Å². The lowest BCUT2D eigenvalue weighted by molar-refractivity contribution is -0.410. The van der Waals surface area contributed by atoms with Gasteiger partial charge in [-0.15, -0.1) is 0 Å². The third-order valence-electron chi connectivity index (χ3n) is 3.40. The summed E-state index contributed by atoms with van der Waals surface area (Å²) in [6.07, 6.45) is 1.25. The molecule has 2 rings (SSSR count). The number of benzene rings is 2. The van der Waals surface area contributed by atoms with Crippen LogP contribution in [0.15, 0.2) is 60.7 Å². The molecule has 0 N–H and O–H groups in total. The van der Waals surface area contributed by atoms with Gasteiger partial charge in [-0.05, 0) is 38.8 Å². The Morgan fingerprint density at radius 1 is 0.609 bits per heavy atom. The Morgan fingerprint density at radius 2 is 0.870 bits per heavy atom. The second-order valence-corrected chi connectivity index (χ2v) is 6.63. The summed E-state index contributed by atoms with van der Waals surface area (Å²) in [5.41, 5.74) is 1.19. The summed E-state index contributed by atoms with van der Waals surface area (Å²) in [5.74, 6) is 0. The van der Waals surface area contributed by atoms with Gasteiger partial charge in [-0.3, -0.25) is 0 Å². The van der Waals surface area contributed by atoms with Crippen molar-refractivity contribution in [2.24, 2.45) is 0 Å². The van der Waals surface area contributed by atoms with E-state index in [1.165, 1.54) is 6.42 Å². The summed E-state index contributed by atoms with van der Waals surface area (Å²) in [4.78, 5) is 11.5.